The number of hydrogen-bond acceptors (Lipinski definition) is 5. The first-order chi connectivity index (χ1) is 14.0. The van der Waals surface area contributed by atoms with E-state index in [4.69, 9.17) is 4.74 Å². The van der Waals surface area contributed by atoms with Crippen LogP contribution < -0.4 is 5.32 Å². The predicted octanol–water partition coefficient (Wildman–Crippen LogP) is 1.42. The highest BCUT2D eigenvalue weighted by molar-refractivity contribution is 5.86. The summed E-state index contributed by atoms with van der Waals surface area (Å²) in [6, 6.07) is 8.24. The number of carbonyl (C=O) groups is 2. The number of likely N-dealkylation sites (tertiary alicyclic amines) is 1. The van der Waals surface area contributed by atoms with Crippen LogP contribution in [-0.2, 0) is 14.3 Å². The topological polar surface area (TPSA) is 99.1 Å². The maximum atomic E-state index is 12.9. The minimum atomic E-state index is -0.933. The van der Waals surface area contributed by atoms with Crippen LogP contribution in [0.5, 0.6) is 0 Å². The molecule has 0 radical (unpaired) electrons. The minimum absolute atomic E-state index is 0.0372. The number of benzene rings is 1. The zero-order valence-electron chi connectivity index (χ0n) is 17.0. The van der Waals surface area contributed by atoms with Gasteiger partial charge in [0, 0.05) is 20.1 Å². The molecule has 0 unspecified atom stereocenters. The molecule has 1 fully saturated rings. The Bertz CT molecular complexity index is 666. The quantitative estimate of drug-likeness (QED) is 0.485. The molecule has 0 aliphatic carbocycles. The molecule has 1 aromatic rings. The first kappa shape index (κ1) is 23.1. The SMILES string of the molecule is C=CC[C@H](CC(=O)N1CCC[C@H]1CO)C(=O)N[C@@H](COC)[C@@H](O)c1ccccc1. The standard InChI is InChI=1S/C22H32N2O5/c1-3-8-17(13-20(26)24-12-7-11-18(24)14-25)22(28)23-19(15-29-2)21(27)16-9-5-4-6-10-16/h3-6,9-10,17-19,21,25,27H,1,7-8,11-15H2,2H3,(H,23,28)/t17-,18+,19+,21+/m1/s1. The van der Waals surface area contributed by atoms with Crippen molar-refractivity contribution in [3.05, 3.63) is 48.6 Å². The van der Waals surface area contributed by atoms with Gasteiger partial charge in [-0.2, -0.15) is 0 Å². The molecule has 7 nitrogen and oxygen atoms in total. The number of hydrogen-bond donors (Lipinski definition) is 3. The van der Waals surface area contributed by atoms with Gasteiger partial charge in [0.2, 0.25) is 11.8 Å². The number of aliphatic hydroxyl groups is 2. The molecule has 1 aliphatic heterocycles. The molecule has 7 heteroatoms. The molecule has 4 atom stereocenters. The second kappa shape index (κ2) is 11.7. The number of ether oxygens (including phenoxy) is 1. The van der Waals surface area contributed by atoms with Crippen LogP contribution in [0.3, 0.4) is 0 Å². The van der Waals surface area contributed by atoms with Gasteiger partial charge in [-0.05, 0) is 24.8 Å². The number of nitrogens with zero attached hydrogens (tertiary/aromatic N) is 1. The average molecular weight is 405 g/mol. The van der Waals surface area contributed by atoms with Crippen molar-refractivity contribution < 1.29 is 24.5 Å². The van der Waals surface area contributed by atoms with Gasteiger partial charge in [-0.3, -0.25) is 9.59 Å². The molecule has 3 N–H and O–H groups in total. The Morgan fingerprint density at radius 1 is 1.38 bits per heavy atom. The largest absolute Gasteiger partial charge is 0.394 e. The second-order valence-corrected chi connectivity index (χ2v) is 7.42. The van der Waals surface area contributed by atoms with Crippen molar-refractivity contribution in [1.82, 2.24) is 10.2 Å². The molecular weight excluding hydrogens is 372 g/mol. The van der Waals surface area contributed by atoms with Crippen molar-refractivity contribution in [2.45, 2.75) is 43.9 Å². The average Bonchev–Trinajstić information content (AvgIpc) is 3.22. The lowest BCUT2D eigenvalue weighted by Crippen LogP contribution is -2.46. The van der Waals surface area contributed by atoms with Crippen molar-refractivity contribution in [3.63, 3.8) is 0 Å². The summed E-state index contributed by atoms with van der Waals surface area (Å²) in [5.74, 6) is -1.06. The molecule has 1 aliphatic rings. The smallest absolute Gasteiger partial charge is 0.224 e. The Morgan fingerprint density at radius 2 is 2.10 bits per heavy atom. The molecule has 0 saturated carbocycles. The van der Waals surface area contributed by atoms with Crippen LogP contribution in [-0.4, -0.2) is 65.9 Å². The first-order valence-electron chi connectivity index (χ1n) is 10.0. The number of amides is 2. The number of methoxy groups -OCH3 is 1. The number of allylic oxidation sites excluding steroid dienone is 1. The van der Waals surface area contributed by atoms with Crippen molar-refractivity contribution in [2.24, 2.45) is 5.92 Å². The van der Waals surface area contributed by atoms with Crippen LogP contribution in [0.25, 0.3) is 0 Å². The van der Waals surface area contributed by atoms with Crippen molar-refractivity contribution in [3.8, 4) is 0 Å². The van der Waals surface area contributed by atoms with Gasteiger partial charge in [0.25, 0.3) is 0 Å². The lowest BCUT2D eigenvalue weighted by molar-refractivity contribution is -0.138. The predicted molar refractivity (Wildman–Crippen MR) is 110 cm³/mol. The molecule has 2 amide bonds. The molecule has 160 valence electrons. The molecule has 29 heavy (non-hydrogen) atoms. The summed E-state index contributed by atoms with van der Waals surface area (Å²) in [6.07, 6.45) is 2.70. The van der Waals surface area contributed by atoms with E-state index < -0.39 is 18.1 Å². The second-order valence-electron chi connectivity index (χ2n) is 7.42. The highest BCUT2D eigenvalue weighted by Gasteiger charge is 2.32. The third-order valence-electron chi connectivity index (χ3n) is 5.35. The van der Waals surface area contributed by atoms with Gasteiger partial charge in [-0.1, -0.05) is 36.4 Å². The maximum absolute atomic E-state index is 12.9. The van der Waals surface area contributed by atoms with Gasteiger partial charge in [0.15, 0.2) is 0 Å². The molecule has 0 spiro atoms. The van der Waals surface area contributed by atoms with Gasteiger partial charge in [-0.25, -0.2) is 0 Å². The summed E-state index contributed by atoms with van der Waals surface area (Å²) in [7, 11) is 1.50. The molecule has 1 saturated heterocycles. The van der Waals surface area contributed by atoms with E-state index in [1.54, 1.807) is 23.1 Å². The van der Waals surface area contributed by atoms with Crippen LogP contribution in [0.2, 0.25) is 0 Å². The van der Waals surface area contributed by atoms with Gasteiger partial charge in [-0.15, -0.1) is 6.58 Å². The van der Waals surface area contributed by atoms with Crippen molar-refractivity contribution >= 4 is 11.8 Å². The Morgan fingerprint density at radius 3 is 2.72 bits per heavy atom. The summed E-state index contributed by atoms with van der Waals surface area (Å²) < 4.78 is 5.18. The fourth-order valence-electron chi connectivity index (χ4n) is 3.74. The monoisotopic (exact) mass is 404 g/mol. The number of aliphatic hydroxyl groups excluding tert-OH is 2. The van der Waals surface area contributed by atoms with E-state index in [1.807, 2.05) is 18.2 Å². The van der Waals surface area contributed by atoms with E-state index >= 15 is 0 Å². The normalized spacial score (nSPS) is 19.4. The minimum Gasteiger partial charge on any atom is -0.394 e. The van der Waals surface area contributed by atoms with Crippen LogP contribution >= 0.6 is 0 Å². The third kappa shape index (κ3) is 6.39. The van der Waals surface area contributed by atoms with E-state index in [9.17, 15) is 19.8 Å². The summed E-state index contributed by atoms with van der Waals surface area (Å²) >= 11 is 0. The lowest BCUT2D eigenvalue weighted by atomic mass is 9.97. The third-order valence-corrected chi connectivity index (χ3v) is 5.35. The molecule has 1 aromatic carbocycles. The first-order valence-corrected chi connectivity index (χ1v) is 10.0. The Balaban J connectivity index is 2.05. The van der Waals surface area contributed by atoms with Crippen molar-refractivity contribution in [2.75, 3.05) is 26.9 Å². The van der Waals surface area contributed by atoms with E-state index in [1.165, 1.54) is 7.11 Å². The van der Waals surface area contributed by atoms with Crippen LogP contribution in [0.1, 0.15) is 37.4 Å². The molecular formula is C22H32N2O5. The summed E-state index contributed by atoms with van der Waals surface area (Å²) in [4.78, 5) is 27.3. The van der Waals surface area contributed by atoms with Gasteiger partial charge in [0.1, 0.15) is 6.10 Å². The number of nitrogens with one attached hydrogen (secondary N) is 1. The summed E-state index contributed by atoms with van der Waals surface area (Å²) in [6.45, 7) is 4.37. The zero-order chi connectivity index (χ0) is 21.2. The maximum Gasteiger partial charge on any atom is 0.224 e. The fourth-order valence-corrected chi connectivity index (χ4v) is 3.74. The van der Waals surface area contributed by atoms with E-state index in [-0.39, 0.29) is 37.5 Å². The Labute approximate surface area is 172 Å². The Kier molecular flexibility index (Phi) is 9.31. The van der Waals surface area contributed by atoms with Crippen LogP contribution in [0, 0.1) is 5.92 Å². The molecule has 1 heterocycles. The Hall–Kier alpha value is -2.22. The number of carbonyl (C=O) groups excluding carboxylic acids is 2. The molecule has 0 bridgehead atoms. The van der Waals surface area contributed by atoms with Crippen molar-refractivity contribution in [1.29, 1.82) is 0 Å². The highest BCUT2D eigenvalue weighted by atomic mass is 16.5. The van der Waals surface area contributed by atoms with Gasteiger partial charge >= 0.3 is 0 Å². The molecule has 2 rings (SSSR count). The molecule has 0 aromatic heterocycles. The highest BCUT2D eigenvalue weighted by Crippen LogP contribution is 2.22. The van der Waals surface area contributed by atoms with E-state index in [2.05, 4.69) is 11.9 Å². The number of rotatable bonds is 11. The zero-order valence-corrected chi connectivity index (χ0v) is 17.0. The summed E-state index contributed by atoms with van der Waals surface area (Å²) in [5, 5.41) is 23.0. The van der Waals surface area contributed by atoms with Crippen LogP contribution in [0.4, 0.5) is 0 Å². The van der Waals surface area contributed by atoms with Crippen LogP contribution in [0.15, 0.2) is 43.0 Å². The van der Waals surface area contributed by atoms with E-state index in [0.29, 0.717) is 18.5 Å². The fraction of sp³-hybridized carbons (Fsp3) is 0.545. The lowest BCUT2D eigenvalue weighted by Gasteiger charge is -2.28. The summed E-state index contributed by atoms with van der Waals surface area (Å²) in [5.41, 5.74) is 0.675. The van der Waals surface area contributed by atoms with Gasteiger partial charge < -0.3 is 25.2 Å². The van der Waals surface area contributed by atoms with Gasteiger partial charge in [0.05, 0.1) is 31.2 Å². The van der Waals surface area contributed by atoms with E-state index in [0.717, 1.165) is 12.8 Å².